The second kappa shape index (κ2) is 4.45. The number of benzene rings is 1. The van der Waals surface area contributed by atoms with Crippen molar-refractivity contribution in [3.63, 3.8) is 0 Å². The highest BCUT2D eigenvalue weighted by Gasteiger charge is 2.42. The van der Waals surface area contributed by atoms with Gasteiger partial charge >= 0.3 is 0 Å². The summed E-state index contributed by atoms with van der Waals surface area (Å²) in [6, 6.07) is 13.4. The number of aryl methyl sites for hydroxylation is 2. The van der Waals surface area contributed by atoms with Gasteiger partial charge in [-0.25, -0.2) is 4.98 Å². The van der Waals surface area contributed by atoms with E-state index in [1.807, 2.05) is 12.3 Å². The molecule has 106 valence electrons. The van der Waals surface area contributed by atoms with E-state index < -0.39 is 0 Å². The van der Waals surface area contributed by atoms with Crippen molar-refractivity contribution in [1.29, 1.82) is 0 Å². The van der Waals surface area contributed by atoms with E-state index in [2.05, 4.69) is 60.1 Å². The Hall–Kier alpha value is -2.09. The molecule has 0 unspecified atom stereocenters. The zero-order chi connectivity index (χ0) is 14.4. The van der Waals surface area contributed by atoms with Crippen molar-refractivity contribution < 1.29 is 0 Å². The Balaban J connectivity index is 1.94. The van der Waals surface area contributed by atoms with E-state index in [4.69, 9.17) is 0 Å². The minimum absolute atomic E-state index is 0.191. The first kappa shape index (κ1) is 12.6. The van der Waals surface area contributed by atoms with Crippen molar-refractivity contribution in [1.82, 2.24) is 9.55 Å². The third-order valence-electron chi connectivity index (χ3n) is 5.06. The molecule has 0 amide bonds. The molecule has 1 fully saturated rings. The Kier molecular flexibility index (Phi) is 2.68. The van der Waals surface area contributed by atoms with Gasteiger partial charge in [-0.3, -0.25) is 0 Å². The topological polar surface area (TPSA) is 17.8 Å². The van der Waals surface area contributed by atoms with Crippen LogP contribution in [0.1, 0.15) is 36.0 Å². The van der Waals surface area contributed by atoms with E-state index in [0.29, 0.717) is 0 Å². The molecule has 0 radical (unpaired) electrons. The van der Waals surface area contributed by atoms with Gasteiger partial charge in [-0.2, -0.15) is 0 Å². The normalized spacial score (nSPS) is 16.9. The van der Waals surface area contributed by atoms with E-state index in [-0.39, 0.29) is 5.41 Å². The van der Waals surface area contributed by atoms with Crippen LogP contribution >= 0.6 is 0 Å². The molecule has 4 rings (SSSR count). The Morgan fingerprint density at radius 3 is 2.52 bits per heavy atom. The minimum atomic E-state index is 0.191. The monoisotopic (exact) mass is 276 g/mol. The lowest BCUT2D eigenvalue weighted by Gasteiger charge is -2.42. The van der Waals surface area contributed by atoms with Crippen LogP contribution in [0.5, 0.6) is 0 Å². The van der Waals surface area contributed by atoms with E-state index >= 15 is 0 Å². The highest BCUT2D eigenvalue weighted by Crippen LogP contribution is 2.51. The average molecular weight is 276 g/mol. The quantitative estimate of drug-likeness (QED) is 0.680. The van der Waals surface area contributed by atoms with Gasteiger partial charge in [-0.05, 0) is 43.0 Å². The highest BCUT2D eigenvalue weighted by atomic mass is 15.0. The van der Waals surface area contributed by atoms with Gasteiger partial charge < -0.3 is 4.57 Å². The predicted octanol–water partition coefficient (Wildman–Crippen LogP) is 4.35. The summed E-state index contributed by atoms with van der Waals surface area (Å²) in [4.78, 5) is 4.54. The molecule has 0 spiro atoms. The zero-order valence-corrected chi connectivity index (χ0v) is 12.6. The van der Waals surface area contributed by atoms with Crippen LogP contribution in [-0.4, -0.2) is 9.55 Å². The van der Waals surface area contributed by atoms with Crippen LogP contribution in [0.4, 0.5) is 0 Å². The van der Waals surface area contributed by atoms with Crippen molar-refractivity contribution in [3.8, 4) is 0 Å². The zero-order valence-electron chi connectivity index (χ0n) is 12.6. The summed E-state index contributed by atoms with van der Waals surface area (Å²) in [7, 11) is 2.10. The maximum absolute atomic E-state index is 4.54. The Morgan fingerprint density at radius 2 is 1.86 bits per heavy atom. The van der Waals surface area contributed by atoms with Crippen molar-refractivity contribution in [3.05, 3.63) is 65.5 Å². The molecular weight excluding hydrogens is 256 g/mol. The fraction of sp³-hybridized carbons (Fsp3) is 0.316. The molecule has 0 bridgehead atoms. The highest BCUT2D eigenvalue weighted by molar-refractivity contribution is 5.82. The van der Waals surface area contributed by atoms with Crippen LogP contribution in [0, 0.1) is 6.92 Å². The van der Waals surface area contributed by atoms with Gasteiger partial charge in [0.25, 0.3) is 0 Å². The van der Waals surface area contributed by atoms with Crippen molar-refractivity contribution in [2.24, 2.45) is 7.05 Å². The molecule has 1 saturated carbocycles. The molecule has 21 heavy (non-hydrogen) atoms. The predicted molar refractivity (Wildman–Crippen MR) is 86.5 cm³/mol. The molecule has 2 aromatic heterocycles. The van der Waals surface area contributed by atoms with Crippen LogP contribution in [0.25, 0.3) is 11.0 Å². The van der Waals surface area contributed by atoms with E-state index in [1.54, 1.807) is 0 Å². The second-order valence-corrected chi connectivity index (χ2v) is 6.33. The molecule has 1 aliphatic carbocycles. The lowest BCUT2D eigenvalue weighted by molar-refractivity contribution is 0.303. The van der Waals surface area contributed by atoms with E-state index in [1.165, 1.54) is 41.3 Å². The smallest absolute Gasteiger partial charge is 0.139 e. The molecule has 0 aliphatic heterocycles. The summed E-state index contributed by atoms with van der Waals surface area (Å²) in [6.45, 7) is 2.15. The first-order valence-electron chi connectivity index (χ1n) is 7.68. The number of nitrogens with zero attached hydrogens (tertiary/aromatic N) is 2. The van der Waals surface area contributed by atoms with Crippen LogP contribution in [0.15, 0.2) is 48.8 Å². The minimum Gasteiger partial charge on any atom is -0.335 e. The number of aromatic nitrogens is 2. The molecule has 0 saturated heterocycles. The molecule has 1 aromatic carbocycles. The number of fused-ring (bicyclic) bond motifs is 1. The summed E-state index contributed by atoms with van der Waals surface area (Å²) in [6.07, 6.45) is 7.96. The third kappa shape index (κ3) is 1.75. The Bertz CT molecular complexity index is 792. The van der Waals surface area contributed by atoms with E-state index in [9.17, 15) is 0 Å². The van der Waals surface area contributed by atoms with Crippen molar-refractivity contribution in [2.75, 3.05) is 0 Å². The van der Waals surface area contributed by atoms with Gasteiger partial charge in [0.2, 0.25) is 0 Å². The van der Waals surface area contributed by atoms with Gasteiger partial charge in [0.15, 0.2) is 0 Å². The summed E-state index contributed by atoms with van der Waals surface area (Å²) in [5.74, 6) is 0. The maximum atomic E-state index is 4.54. The van der Waals surface area contributed by atoms with Gasteiger partial charge in [0.05, 0.1) is 0 Å². The Morgan fingerprint density at radius 1 is 1.10 bits per heavy atom. The largest absolute Gasteiger partial charge is 0.335 e. The van der Waals surface area contributed by atoms with Gasteiger partial charge in [0, 0.05) is 30.2 Å². The van der Waals surface area contributed by atoms with Gasteiger partial charge in [-0.15, -0.1) is 0 Å². The standard InChI is InChI=1S/C19H20N2/c1-14-6-8-15(9-7-14)19(10-4-11-19)17-13-21(2)18-16(17)5-3-12-20-18/h3,5-9,12-13H,4,10-11H2,1-2H3. The van der Waals surface area contributed by atoms with Crippen LogP contribution in [-0.2, 0) is 12.5 Å². The lowest BCUT2D eigenvalue weighted by Crippen LogP contribution is -2.35. The molecule has 0 N–H and O–H groups in total. The molecule has 2 nitrogen and oxygen atoms in total. The summed E-state index contributed by atoms with van der Waals surface area (Å²) >= 11 is 0. The molecule has 1 aliphatic rings. The first-order chi connectivity index (χ1) is 10.2. The van der Waals surface area contributed by atoms with Crippen molar-refractivity contribution >= 4 is 11.0 Å². The third-order valence-corrected chi connectivity index (χ3v) is 5.06. The average Bonchev–Trinajstić information content (AvgIpc) is 2.78. The summed E-state index contributed by atoms with van der Waals surface area (Å²) in [5.41, 5.74) is 5.51. The molecule has 0 atom stereocenters. The van der Waals surface area contributed by atoms with Gasteiger partial charge in [-0.1, -0.05) is 36.2 Å². The van der Waals surface area contributed by atoms with Crippen LogP contribution in [0.3, 0.4) is 0 Å². The van der Waals surface area contributed by atoms with Gasteiger partial charge in [0.1, 0.15) is 5.65 Å². The number of pyridine rings is 1. The van der Waals surface area contributed by atoms with Crippen LogP contribution in [0.2, 0.25) is 0 Å². The number of hydrogen-bond acceptors (Lipinski definition) is 1. The van der Waals surface area contributed by atoms with E-state index in [0.717, 1.165) is 5.65 Å². The van der Waals surface area contributed by atoms with Crippen molar-refractivity contribution in [2.45, 2.75) is 31.6 Å². The first-order valence-corrected chi connectivity index (χ1v) is 7.68. The fourth-order valence-corrected chi connectivity index (χ4v) is 3.71. The Labute approximate surface area is 125 Å². The molecule has 2 heteroatoms. The lowest BCUT2D eigenvalue weighted by atomic mass is 9.60. The summed E-state index contributed by atoms with van der Waals surface area (Å²) in [5, 5.41) is 1.31. The second-order valence-electron chi connectivity index (χ2n) is 6.33. The summed E-state index contributed by atoms with van der Waals surface area (Å²) < 4.78 is 2.17. The van der Waals surface area contributed by atoms with Crippen LogP contribution < -0.4 is 0 Å². The molecule has 3 aromatic rings. The molecular formula is C19H20N2. The maximum Gasteiger partial charge on any atom is 0.139 e. The fourth-order valence-electron chi connectivity index (χ4n) is 3.71. The number of hydrogen-bond donors (Lipinski definition) is 0. The molecule has 2 heterocycles. The SMILES string of the molecule is Cc1ccc(C2(c3cn(C)c4ncccc34)CCC2)cc1. The number of rotatable bonds is 2.